The molecule has 2 heteroatoms. The number of hydrogen-bond donors (Lipinski definition) is 1. The highest BCUT2D eigenvalue weighted by Crippen LogP contribution is 2.29. The normalized spacial score (nSPS) is 13.1. The molecule has 21 heavy (non-hydrogen) atoms. The summed E-state index contributed by atoms with van der Waals surface area (Å²) in [5, 5.41) is 3.67. The number of halogens is 1. The Hall–Kier alpha value is -1.12. The van der Waals surface area contributed by atoms with Crippen LogP contribution in [0.25, 0.3) is 0 Å². The van der Waals surface area contributed by atoms with Crippen molar-refractivity contribution in [2.24, 2.45) is 0 Å². The third-order valence-corrected chi connectivity index (χ3v) is 4.72. The molecule has 0 saturated carbocycles. The number of hydrogen-bond acceptors (Lipinski definition) is 1. The maximum Gasteiger partial charge on any atom is 0.0199 e. The van der Waals surface area contributed by atoms with E-state index in [9.17, 15) is 0 Å². The minimum Gasteiger partial charge on any atom is -0.313 e. The van der Waals surface area contributed by atoms with Crippen LogP contribution in [0, 0.1) is 0 Å². The molecule has 0 radical (unpaired) electrons. The third-order valence-electron chi connectivity index (χ3n) is 4.19. The van der Waals surface area contributed by atoms with Crippen molar-refractivity contribution >= 4 is 15.9 Å². The van der Waals surface area contributed by atoms with Gasteiger partial charge in [-0.2, -0.15) is 0 Å². The van der Waals surface area contributed by atoms with Crippen LogP contribution in [0.2, 0.25) is 0 Å². The first-order chi connectivity index (χ1) is 10.0. The van der Waals surface area contributed by atoms with Crippen LogP contribution in [0.15, 0.2) is 59.1 Å². The highest BCUT2D eigenvalue weighted by atomic mass is 79.9. The van der Waals surface area contributed by atoms with E-state index in [2.05, 4.69) is 96.6 Å². The van der Waals surface area contributed by atoms with Crippen molar-refractivity contribution in [1.29, 1.82) is 0 Å². The molecular weight excluding hydrogens is 322 g/mol. The molecule has 0 bridgehead atoms. The van der Waals surface area contributed by atoms with E-state index in [1.165, 1.54) is 11.1 Å². The Bertz CT molecular complexity index is 546. The fourth-order valence-electron chi connectivity index (χ4n) is 2.75. The van der Waals surface area contributed by atoms with Gasteiger partial charge in [-0.25, -0.2) is 0 Å². The van der Waals surface area contributed by atoms with Gasteiger partial charge in [0.25, 0.3) is 0 Å². The van der Waals surface area contributed by atoms with Crippen molar-refractivity contribution in [3.05, 3.63) is 70.2 Å². The fraction of sp³-hybridized carbons (Fsp3) is 0.368. The van der Waals surface area contributed by atoms with Gasteiger partial charge in [0.05, 0.1) is 0 Å². The highest BCUT2D eigenvalue weighted by molar-refractivity contribution is 9.10. The first-order valence-corrected chi connectivity index (χ1v) is 8.36. The lowest BCUT2D eigenvalue weighted by Crippen LogP contribution is -2.46. The van der Waals surface area contributed by atoms with Crippen LogP contribution in [0.3, 0.4) is 0 Å². The topological polar surface area (TPSA) is 12.0 Å². The summed E-state index contributed by atoms with van der Waals surface area (Å²) in [6.07, 6.45) is 1.03. The molecule has 1 N–H and O–H groups in total. The van der Waals surface area contributed by atoms with Gasteiger partial charge in [0.15, 0.2) is 0 Å². The molecule has 0 spiro atoms. The molecule has 1 nitrogen and oxygen atoms in total. The SMILES string of the molecule is CCNC(Cc1ccc(Br)cc1)C(C)(C)c1ccccc1. The van der Waals surface area contributed by atoms with Gasteiger partial charge in [-0.15, -0.1) is 0 Å². The molecule has 0 aliphatic carbocycles. The molecule has 2 aromatic rings. The lowest BCUT2D eigenvalue weighted by molar-refractivity contribution is 0.343. The molecule has 0 amide bonds. The van der Waals surface area contributed by atoms with Crippen molar-refractivity contribution in [2.75, 3.05) is 6.54 Å². The molecule has 2 aromatic carbocycles. The largest absolute Gasteiger partial charge is 0.313 e. The van der Waals surface area contributed by atoms with Crippen molar-refractivity contribution in [3.63, 3.8) is 0 Å². The summed E-state index contributed by atoms with van der Waals surface area (Å²) in [6.45, 7) is 7.82. The zero-order valence-electron chi connectivity index (χ0n) is 13.1. The first-order valence-electron chi connectivity index (χ1n) is 7.57. The maximum atomic E-state index is 3.67. The summed E-state index contributed by atoms with van der Waals surface area (Å²) in [6, 6.07) is 19.8. The average molecular weight is 346 g/mol. The molecule has 112 valence electrons. The van der Waals surface area contributed by atoms with E-state index in [0.29, 0.717) is 6.04 Å². The van der Waals surface area contributed by atoms with Crippen molar-refractivity contribution in [1.82, 2.24) is 5.32 Å². The summed E-state index contributed by atoms with van der Waals surface area (Å²) in [4.78, 5) is 0. The number of likely N-dealkylation sites (N-methyl/N-ethyl adjacent to an activating group) is 1. The van der Waals surface area contributed by atoms with Crippen LogP contribution in [-0.4, -0.2) is 12.6 Å². The van der Waals surface area contributed by atoms with Gasteiger partial charge >= 0.3 is 0 Å². The van der Waals surface area contributed by atoms with Crippen molar-refractivity contribution in [2.45, 2.75) is 38.6 Å². The standard InChI is InChI=1S/C19H24BrN/c1-4-21-18(14-15-10-12-17(20)13-11-15)19(2,3)16-8-6-5-7-9-16/h5-13,18,21H,4,14H2,1-3H3. The van der Waals surface area contributed by atoms with E-state index in [4.69, 9.17) is 0 Å². The molecule has 0 aliphatic rings. The molecule has 0 aromatic heterocycles. The number of rotatable bonds is 6. The molecule has 0 fully saturated rings. The number of benzene rings is 2. The van der Waals surface area contributed by atoms with Crippen LogP contribution >= 0.6 is 15.9 Å². The van der Waals surface area contributed by atoms with E-state index in [1.807, 2.05) is 0 Å². The summed E-state index contributed by atoms with van der Waals surface area (Å²) < 4.78 is 1.13. The van der Waals surface area contributed by atoms with Crippen LogP contribution in [0.1, 0.15) is 31.9 Å². The molecule has 0 heterocycles. The Morgan fingerprint density at radius 2 is 1.62 bits per heavy atom. The fourth-order valence-corrected chi connectivity index (χ4v) is 3.02. The lowest BCUT2D eigenvalue weighted by Gasteiger charge is -2.36. The van der Waals surface area contributed by atoms with Crippen LogP contribution in [0.4, 0.5) is 0 Å². The van der Waals surface area contributed by atoms with Gasteiger partial charge in [0.1, 0.15) is 0 Å². The van der Waals surface area contributed by atoms with Crippen LogP contribution in [-0.2, 0) is 11.8 Å². The summed E-state index contributed by atoms with van der Waals surface area (Å²) >= 11 is 3.50. The van der Waals surface area contributed by atoms with Gasteiger partial charge in [0, 0.05) is 15.9 Å². The van der Waals surface area contributed by atoms with Gasteiger partial charge in [-0.1, -0.05) is 79.2 Å². The molecule has 1 unspecified atom stereocenters. The zero-order chi connectivity index (χ0) is 15.3. The average Bonchev–Trinajstić information content (AvgIpc) is 2.50. The van der Waals surface area contributed by atoms with E-state index in [1.54, 1.807) is 0 Å². The predicted molar refractivity (Wildman–Crippen MR) is 94.8 cm³/mol. The van der Waals surface area contributed by atoms with Gasteiger partial charge < -0.3 is 5.32 Å². The zero-order valence-corrected chi connectivity index (χ0v) is 14.7. The smallest absolute Gasteiger partial charge is 0.0199 e. The summed E-state index contributed by atoms with van der Waals surface area (Å²) in [5.41, 5.74) is 2.84. The van der Waals surface area contributed by atoms with Crippen LogP contribution in [0.5, 0.6) is 0 Å². The Balaban J connectivity index is 2.23. The van der Waals surface area contributed by atoms with Crippen molar-refractivity contribution < 1.29 is 0 Å². The Labute approximate surface area is 136 Å². The van der Waals surface area contributed by atoms with E-state index >= 15 is 0 Å². The lowest BCUT2D eigenvalue weighted by atomic mass is 9.75. The van der Waals surface area contributed by atoms with Gasteiger partial charge in [-0.05, 0) is 36.2 Å². The number of nitrogens with one attached hydrogen (secondary N) is 1. The first kappa shape index (κ1) is 16.3. The Kier molecular flexibility index (Phi) is 5.60. The summed E-state index contributed by atoms with van der Waals surface area (Å²) in [7, 11) is 0. The Morgan fingerprint density at radius 1 is 1.00 bits per heavy atom. The molecule has 0 saturated heterocycles. The second-order valence-electron chi connectivity index (χ2n) is 6.03. The monoisotopic (exact) mass is 345 g/mol. The Morgan fingerprint density at radius 3 is 2.19 bits per heavy atom. The van der Waals surface area contributed by atoms with E-state index in [-0.39, 0.29) is 5.41 Å². The third kappa shape index (κ3) is 4.18. The second kappa shape index (κ2) is 7.24. The van der Waals surface area contributed by atoms with Gasteiger partial charge in [0.2, 0.25) is 0 Å². The van der Waals surface area contributed by atoms with Crippen molar-refractivity contribution in [3.8, 4) is 0 Å². The van der Waals surface area contributed by atoms with E-state index < -0.39 is 0 Å². The molecular formula is C19H24BrN. The maximum absolute atomic E-state index is 3.67. The second-order valence-corrected chi connectivity index (χ2v) is 6.94. The minimum absolute atomic E-state index is 0.0876. The molecule has 2 rings (SSSR count). The summed E-state index contributed by atoms with van der Waals surface area (Å²) in [5.74, 6) is 0. The quantitative estimate of drug-likeness (QED) is 0.781. The highest BCUT2D eigenvalue weighted by Gasteiger charge is 2.30. The molecule has 0 aliphatic heterocycles. The van der Waals surface area contributed by atoms with Crippen LogP contribution < -0.4 is 5.32 Å². The predicted octanol–water partition coefficient (Wildman–Crippen LogP) is 4.95. The van der Waals surface area contributed by atoms with E-state index in [0.717, 1.165) is 17.4 Å². The van der Waals surface area contributed by atoms with Gasteiger partial charge in [-0.3, -0.25) is 0 Å². The molecule has 1 atom stereocenters. The minimum atomic E-state index is 0.0876.